The molecule has 8 heteroatoms. The van der Waals surface area contributed by atoms with Crippen molar-refractivity contribution in [1.82, 2.24) is 10.2 Å². The number of aromatic nitrogens is 2. The molecule has 0 atom stereocenters. The van der Waals surface area contributed by atoms with Gasteiger partial charge in [-0.05, 0) is 36.4 Å². The van der Waals surface area contributed by atoms with Crippen LogP contribution in [0.25, 0.3) is 10.6 Å². The highest BCUT2D eigenvalue weighted by molar-refractivity contribution is 9.10. The maximum Gasteiger partial charge on any atom is 0.327 e. The second-order valence-corrected chi connectivity index (χ2v) is 7.20. The first kappa shape index (κ1) is 16.9. The fourth-order valence-electron chi connectivity index (χ4n) is 1.89. The number of hydrogen-bond donors (Lipinski definition) is 1. The van der Waals surface area contributed by atoms with E-state index in [1.807, 2.05) is 24.3 Å². The Hall–Kier alpha value is -1.96. The third kappa shape index (κ3) is 3.92. The third-order valence-corrected chi connectivity index (χ3v) is 5.02. The number of nitrogens with one attached hydrogen (secondary N) is 1. The molecule has 122 valence electrons. The van der Waals surface area contributed by atoms with Gasteiger partial charge in [0.1, 0.15) is 5.01 Å². The van der Waals surface area contributed by atoms with Crippen molar-refractivity contribution >= 4 is 55.7 Å². The second-order valence-electron chi connectivity index (χ2n) is 4.89. The van der Waals surface area contributed by atoms with Gasteiger partial charge in [0.15, 0.2) is 0 Å². The summed E-state index contributed by atoms with van der Waals surface area (Å²) in [6.45, 7) is 0. The zero-order chi connectivity index (χ0) is 17.1. The molecule has 2 aromatic carbocycles. The molecule has 5 nitrogen and oxygen atoms in total. The summed E-state index contributed by atoms with van der Waals surface area (Å²) in [5.41, 5.74) is 1.61. The van der Waals surface area contributed by atoms with Crippen molar-refractivity contribution in [2.24, 2.45) is 0 Å². The highest BCUT2D eigenvalue weighted by atomic mass is 79.9. The lowest BCUT2D eigenvalue weighted by Gasteiger charge is -2.14. The number of benzene rings is 2. The van der Waals surface area contributed by atoms with Gasteiger partial charge < -0.3 is 5.32 Å². The summed E-state index contributed by atoms with van der Waals surface area (Å²) in [4.78, 5) is 13.7. The standard InChI is InChI=1S/C16H12BrClN4OS/c1-22(15(23)19-13-8-6-12(18)7-9-13)16-21-20-14(24-16)10-2-4-11(17)5-3-10/h2-9H,1H3,(H,19,23). The Morgan fingerprint density at radius 1 is 1.12 bits per heavy atom. The van der Waals surface area contributed by atoms with Crippen molar-refractivity contribution < 1.29 is 4.79 Å². The van der Waals surface area contributed by atoms with Crippen LogP contribution in [0.2, 0.25) is 5.02 Å². The van der Waals surface area contributed by atoms with Crippen molar-refractivity contribution in [2.75, 3.05) is 17.3 Å². The maximum absolute atomic E-state index is 12.3. The molecule has 3 rings (SSSR count). The number of rotatable bonds is 3. The van der Waals surface area contributed by atoms with Gasteiger partial charge in [-0.15, -0.1) is 10.2 Å². The maximum atomic E-state index is 12.3. The number of halogens is 2. The minimum absolute atomic E-state index is 0.296. The molecule has 0 radical (unpaired) electrons. The van der Waals surface area contributed by atoms with Crippen molar-refractivity contribution in [2.45, 2.75) is 0 Å². The predicted molar refractivity (Wildman–Crippen MR) is 102 cm³/mol. The third-order valence-electron chi connectivity index (χ3n) is 3.19. The lowest BCUT2D eigenvalue weighted by Crippen LogP contribution is -2.31. The normalized spacial score (nSPS) is 10.5. The Labute approximate surface area is 156 Å². The Balaban J connectivity index is 1.73. The van der Waals surface area contributed by atoms with Crippen LogP contribution in [0.1, 0.15) is 0 Å². The van der Waals surface area contributed by atoms with E-state index in [2.05, 4.69) is 31.4 Å². The minimum atomic E-state index is -0.296. The molecule has 24 heavy (non-hydrogen) atoms. The molecule has 3 aromatic rings. The average molecular weight is 424 g/mol. The molecule has 0 aliphatic heterocycles. The molecular weight excluding hydrogens is 412 g/mol. The van der Waals surface area contributed by atoms with Gasteiger partial charge in [-0.2, -0.15) is 0 Å². The van der Waals surface area contributed by atoms with Crippen LogP contribution in [0.3, 0.4) is 0 Å². The van der Waals surface area contributed by atoms with Crippen LogP contribution in [0.4, 0.5) is 15.6 Å². The molecule has 0 aliphatic carbocycles. The highest BCUT2D eigenvalue weighted by Crippen LogP contribution is 2.29. The van der Waals surface area contributed by atoms with Crippen molar-refractivity contribution in [3.63, 3.8) is 0 Å². The quantitative estimate of drug-likeness (QED) is 0.623. The predicted octanol–water partition coefficient (Wildman–Crippen LogP) is 5.29. The van der Waals surface area contributed by atoms with E-state index in [1.165, 1.54) is 16.2 Å². The summed E-state index contributed by atoms with van der Waals surface area (Å²) in [5, 5.41) is 12.9. The molecule has 2 amide bonds. The number of anilines is 2. The molecule has 0 unspecified atom stereocenters. The number of urea groups is 1. The van der Waals surface area contributed by atoms with Crippen LogP contribution < -0.4 is 10.2 Å². The van der Waals surface area contributed by atoms with Gasteiger partial charge in [-0.25, -0.2) is 4.79 Å². The number of amides is 2. The van der Waals surface area contributed by atoms with E-state index in [1.54, 1.807) is 31.3 Å². The average Bonchev–Trinajstić information content (AvgIpc) is 3.07. The second kappa shape index (κ2) is 7.29. The molecule has 0 bridgehead atoms. The Bertz CT molecular complexity index is 851. The lowest BCUT2D eigenvalue weighted by atomic mass is 10.2. The first-order chi connectivity index (χ1) is 11.5. The van der Waals surface area contributed by atoms with Crippen molar-refractivity contribution in [1.29, 1.82) is 0 Å². The van der Waals surface area contributed by atoms with E-state index in [4.69, 9.17) is 11.6 Å². The van der Waals surface area contributed by atoms with Gasteiger partial charge in [-0.1, -0.05) is 51.0 Å². The van der Waals surface area contributed by atoms with Crippen LogP contribution in [0.15, 0.2) is 53.0 Å². The fraction of sp³-hybridized carbons (Fsp3) is 0.0625. The molecule has 0 spiro atoms. The summed E-state index contributed by atoms with van der Waals surface area (Å²) < 4.78 is 0.996. The van der Waals surface area contributed by atoms with E-state index in [0.29, 0.717) is 15.8 Å². The van der Waals surface area contributed by atoms with E-state index in [9.17, 15) is 4.79 Å². The number of carbonyl (C=O) groups excluding carboxylic acids is 1. The number of carbonyl (C=O) groups is 1. The van der Waals surface area contributed by atoms with Gasteiger partial charge in [0.25, 0.3) is 0 Å². The zero-order valence-corrected chi connectivity index (χ0v) is 15.7. The summed E-state index contributed by atoms with van der Waals surface area (Å²) in [7, 11) is 1.65. The van der Waals surface area contributed by atoms with E-state index in [-0.39, 0.29) is 6.03 Å². The summed E-state index contributed by atoms with van der Waals surface area (Å²) in [5.74, 6) is 0. The van der Waals surface area contributed by atoms with Crippen LogP contribution in [-0.4, -0.2) is 23.3 Å². The number of nitrogens with zero attached hydrogens (tertiary/aromatic N) is 3. The van der Waals surface area contributed by atoms with Gasteiger partial charge in [0.05, 0.1) is 0 Å². The van der Waals surface area contributed by atoms with Gasteiger partial charge in [0.2, 0.25) is 5.13 Å². The molecular formula is C16H12BrClN4OS. The Morgan fingerprint density at radius 2 is 1.79 bits per heavy atom. The molecule has 0 saturated carbocycles. The van der Waals surface area contributed by atoms with E-state index < -0.39 is 0 Å². The highest BCUT2D eigenvalue weighted by Gasteiger charge is 2.16. The summed E-state index contributed by atoms with van der Waals surface area (Å²) in [6.07, 6.45) is 0. The molecule has 1 heterocycles. The molecule has 0 fully saturated rings. The topological polar surface area (TPSA) is 58.1 Å². The van der Waals surface area contributed by atoms with E-state index in [0.717, 1.165) is 15.0 Å². The monoisotopic (exact) mass is 422 g/mol. The van der Waals surface area contributed by atoms with E-state index >= 15 is 0 Å². The Kier molecular flexibility index (Phi) is 5.13. The van der Waals surface area contributed by atoms with Crippen molar-refractivity contribution in [3.8, 4) is 10.6 Å². The Morgan fingerprint density at radius 3 is 2.46 bits per heavy atom. The van der Waals surface area contributed by atoms with Gasteiger partial charge in [-0.3, -0.25) is 4.90 Å². The molecule has 1 N–H and O–H groups in total. The summed E-state index contributed by atoms with van der Waals surface area (Å²) >= 11 is 10.6. The van der Waals surface area contributed by atoms with Crippen LogP contribution in [0, 0.1) is 0 Å². The fourth-order valence-corrected chi connectivity index (χ4v) is 3.09. The van der Waals surface area contributed by atoms with Crippen LogP contribution in [0.5, 0.6) is 0 Å². The molecule has 0 saturated heterocycles. The first-order valence-corrected chi connectivity index (χ1v) is 8.91. The van der Waals surface area contributed by atoms with Crippen LogP contribution in [-0.2, 0) is 0 Å². The molecule has 1 aromatic heterocycles. The summed E-state index contributed by atoms with van der Waals surface area (Å²) in [6, 6.07) is 14.4. The van der Waals surface area contributed by atoms with Gasteiger partial charge in [0, 0.05) is 27.8 Å². The zero-order valence-electron chi connectivity index (χ0n) is 12.5. The largest absolute Gasteiger partial charge is 0.327 e. The van der Waals surface area contributed by atoms with Gasteiger partial charge >= 0.3 is 6.03 Å². The smallest absolute Gasteiger partial charge is 0.307 e. The number of hydrogen-bond acceptors (Lipinski definition) is 4. The minimum Gasteiger partial charge on any atom is -0.307 e. The van der Waals surface area contributed by atoms with Crippen LogP contribution >= 0.6 is 38.9 Å². The first-order valence-electron chi connectivity index (χ1n) is 6.92. The SMILES string of the molecule is CN(C(=O)Nc1ccc(Cl)cc1)c1nnc(-c2ccc(Br)cc2)s1. The molecule has 0 aliphatic rings. The van der Waals surface area contributed by atoms with Crippen molar-refractivity contribution in [3.05, 3.63) is 58.0 Å². The lowest BCUT2D eigenvalue weighted by molar-refractivity contribution is 0.258.